The van der Waals surface area contributed by atoms with Gasteiger partial charge in [-0.3, -0.25) is 9.48 Å². The van der Waals surface area contributed by atoms with E-state index in [0.29, 0.717) is 18.5 Å². The fourth-order valence-electron chi connectivity index (χ4n) is 3.80. The van der Waals surface area contributed by atoms with Crippen LogP contribution in [0.2, 0.25) is 0 Å². The minimum Gasteiger partial charge on any atom is -0.476 e. The minimum absolute atomic E-state index is 0.0540. The Hall–Kier alpha value is -3.20. The first kappa shape index (κ1) is 18.2. The van der Waals surface area contributed by atoms with Crippen molar-refractivity contribution in [2.45, 2.75) is 32.5 Å². The summed E-state index contributed by atoms with van der Waals surface area (Å²) in [6, 6.07) is 7.15. The van der Waals surface area contributed by atoms with Crippen LogP contribution in [0.3, 0.4) is 0 Å². The summed E-state index contributed by atoms with van der Waals surface area (Å²) in [6.45, 7) is 2.60. The Balaban J connectivity index is 1.62. The standard InChI is InChI=1S/C19H21N5O4/c1-12(23-11-20-14-4-2-3-5-16(14)23)18(26)22-7-6-15-13(10-22)17(19(27)28)21-24(15)8-9-25/h2-5,11-12,25H,6-10H2,1H3,(H,27,28)/t12-/m1/s1. The lowest BCUT2D eigenvalue weighted by Crippen LogP contribution is -2.40. The number of carbonyl (C=O) groups excluding carboxylic acids is 1. The fraction of sp³-hybridized carbons (Fsp3) is 0.368. The predicted molar refractivity (Wildman–Crippen MR) is 99.8 cm³/mol. The van der Waals surface area contributed by atoms with Gasteiger partial charge >= 0.3 is 5.97 Å². The number of carboxylic acid groups (broad SMARTS) is 1. The number of para-hydroxylation sites is 2. The number of amides is 1. The molecule has 9 nitrogen and oxygen atoms in total. The van der Waals surface area contributed by atoms with E-state index in [0.717, 1.165) is 16.7 Å². The van der Waals surface area contributed by atoms with Crippen molar-refractivity contribution in [3.63, 3.8) is 0 Å². The number of aliphatic hydroxyl groups excluding tert-OH is 1. The van der Waals surface area contributed by atoms with E-state index < -0.39 is 12.0 Å². The van der Waals surface area contributed by atoms with Crippen LogP contribution in [0.15, 0.2) is 30.6 Å². The summed E-state index contributed by atoms with van der Waals surface area (Å²) in [5.41, 5.74) is 2.96. The molecule has 3 aromatic rings. The van der Waals surface area contributed by atoms with Crippen molar-refractivity contribution in [3.8, 4) is 0 Å². The number of aliphatic hydroxyl groups is 1. The summed E-state index contributed by atoms with van der Waals surface area (Å²) >= 11 is 0. The lowest BCUT2D eigenvalue weighted by molar-refractivity contribution is -0.135. The molecule has 0 radical (unpaired) electrons. The highest BCUT2D eigenvalue weighted by molar-refractivity contribution is 5.88. The number of hydrogen-bond acceptors (Lipinski definition) is 5. The predicted octanol–water partition coefficient (Wildman–Crippen LogP) is 1.07. The lowest BCUT2D eigenvalue weighted by atomic mass is 10.0. The number of rotatable bonds is 5. The summed E-state index contributed by atoms with van der Waals surface area (Å²) in [7, 11) is 0. The van der Waals surface area contributed by atoms with Crippen LogP contribution in [-0.4, -0.2) is 59.5 Å². The zero-order valence-electron chi connectivity index (χ0n) is 15.4. The highest BCUT2D eigenvalue weighted by Gasteiger charge is 2.32. The molecule has 0 saturated heterocycles. The van der Waals surface area contributed by atoms with Gasteiger partial charge in [0, 0.05) is 30.8 Å². The van der Waals surface area contributed by atoms with Gasteiger partial charge in [0.05, 0.1) is 30.5 Å². The van der Waals surface area contributed by atoms with Gasteiger partial charge in [-0.25, -0.2) is 9.78 Å². The minimum atomic E-state index is -1.13. The Bertz CT molecular complexity index is 1050. The number of benzene rings is 1. The van der Waals surface area contributed by atoms with Gasteiger partial charge in [-0.2, -0.15) is 5.10 Å². The van der Waals surface area contributed by atoms with Gasteiger partial charge < -0.3 is 19.7 Å². The molecule has 2 aromatic heterocycles. The first-order chi connectivity index (χ1) is 13.5. The average molecular weight is 383 g/mol. The third-order valence-electron chi connectivity index (χ3n) is 5.22. The van der Waals surface area contributed by atoms with Crippen molar-refractivity contribution in [2.75, 3.05) is 13.2 Å². The zero-order chi connectivity index (χ0) is 19.8. The van der Waals surface area contributed by atoms with E-state index in [-0.39, 0.29) is 31.3 Å². The second-order valence-corrected chi connectivity index (χ2v) is 6.85. The maximum absolute atomic E-state index is 13.1. The summed E-state index contributed by atoms with van der Waals surface area (Å²) in [4.78, 5) is 30.7. The van der Waals surface area contributed by atoms with Crippen LogP contribution < -0.4 is 0 Å². The van der Waals surface area contributed by atoms with Crippen molar-refractivity contribution in [1.82, 2.24) is 24.2 Å². The molecule has 0 unspecified atom stereocenters. The Morgan fingerprint density at radius 3 is 2.82 bits per heavy atom. The summed E-state index contributed by atoms with van der Waals surface area (Å²) < 4.78 is 3.37. The van der Waals surface area contributed by atoms with Crippen LogP contribution in [0.1, 0.15) is 34.7 Å². The summed E-state index contributed by atoms with van der Waals surface area (Å²) in [5, 5.41) is 22.8. The molecule has 0 saturated carbocycles. The number of imidazole rings is 1. The van der Waals surface area contributed by atoms with E-state index in [1.807, 2.05) is 35.8 Å². The average Bonchev–Trinajstić information content (AvgIpc) is 3.29. The van der Waals surface area contributed by atoms with Crippen molar-refractivity contribution < 1.29 is 19.8 Å². The smallest absolute Gasteiger partial charge is 0.356 e. The molecule has 1 aliphatic rings. The zero-order valence-corrected chi connectivity index (χ0v) is 15.4. The van der Waals surface area contributed by atoms with Gasteiger partial charge in [-0.15, -0.1) is 0 Å². The molecule has 0 fully saturated rings. The lowest BCUT2D eigenvalue weighted by Gasteiger charge is -2.30. The number of hydrogen-bond donors (Lipinski definition) is 2. The third-order valence-corrected chi connectivity index (χ3v) is 5.22. The molecule has 1 aliphatic heterocycles. The van der Waals surface area contributed by atoms with Crippen molar-refractivity contribution in [3.05, 3.63) is 47.5 Å². The van der Waals surface area contributed by atoms with Crippen LogP contribution in [0.5, 0.6) is 0 Å². The number of fused-ring (bicyclic) bond motifs is 2. The second kappa shape index (κ2) is 7.08. The molecule has 1 aromatic carbocycles. The molecule has 9 heteroatoms. The number of carbonyl (C=O) groups is 2. The quantitative estimate of drug-likeness (QED) is 0.681. The van der Waals surface area contributed by atoms with E-state index in [1.165, 1.54) is 4.68 Å². The highest BCUT2D eigenvalue weighted by Crippen LogP contribution is 2.26. The molecular weight excluding hydrogens is 362 g/mol. The molecule has 28 heavy (non-hydrogen) atoms. The summed E-state index contributed by atoms with van der Waals surface area (Å²) in [5.74, 6) is -1.23. The first-order valence-electron chi connectivity index (χ1n) is 9.14. The Morgan fingerprint density at radius 2 is 2.07 bits per heavy atom. The number of carboxylic acids is 1. The second-order valence-electron chi connectivity index (χ2n) is 6.85. The van der Waals surface area contributed by atoms with Gasteiger partial charge in [0.15, 0.2) is 5.69 Å². The maximum atomic E-state index is 13.1. The number of aromatic carboxylic acids is 1. The largest absolute Gasteiger partial charge is 0.476 e. The molecule has 3 heterocycles. The van der Waals surface area contributed by atoms with Gasteiger partial charge in [-0.1, -0.05) is 12.1 Å². The molecule has 1 amide bonds. The van der Waals surface area contributed by atoms with Gasteiger partial charge in [0.25, 0.3) is 0 Å². The molecule has 1 atom stereocenters. The number of aromatic nitrogens is 4. The Kier molecular flexibility index (Phi) is 4.60. The van der Waals surface area contributed by atoms with Crippen molar-refractivity contribution in [1.29, 1.82) is 0 Å². The fourth-order valence-corrected chi connectivity index (χ4v) is 3.80. The molecule has 4 rings (SSSR count). The monoisotopic (exact) mass is 383 g/mol. The first-order valence-corrected chi connectivity index (χ1v) is 9.14. The van der Waals surface area contributed by atoms with Gasteiger partial charge in [-0.05, 0) is 19.1 Å². The van der Waals surface area contributed by atoms with Crippen LogP contribution in [0.25, 0.3) is 11.0 Å². The van der Waals surface area contributed by atoms with Crippen LogP contribution >= 0.6 is 0 Å². The molecule has 146 valence electrons. The molecule has 2 N–H and O–H groups in total. The van der Waals surface area contributed by atoms with Gasteiger partial charge in [0.1, 0.15) is 6.04 Å². The van der Waals surface area contributed by atoms with E-state index in [1.54, 1.807) is 11.2 Å². The van der Waals surface area contributed by atoms with Crippen molar-refractivity contribution in [2.24, 2.45) is 0 Å². The Morgan fingerprint density at radius 1 is 1.29 bits per heavy atom. The van der Waals surface area contributed by atoms with E-state index in [2.05, 4.69) is 10.1 Å². The molecule has 0 bridgehead atoms. The van der Waals surface area contributed by atoms with Crippen LogP contribution in [0, 0.1) is 0 Å². The van der Waals surface area contributed by atoms with Crippen LogP contribution in [-0.2, 0) is 24.3 Å². The van der Waals surface area contributed by atoms with E-state index in [4.69, 9.17) is 0 Å². The Labute approximate surface area is 160 Å². The summed E-state index contributed by atoms with van der Waals surface area (Å²) in [6.07, 6.45) is 2.16. The SMILES string of the molecule is C[C@H](C(=O)N1CCc2c(c(C(=O)O)nn2CCO)C1)n1cnc2ccccc21. The molecule has 0 spiro atoms. The third kappa shape index (κ3) is 2.93. The normalized spacial score (nSPS) is 14.9. The van der Waals surface area contributed by atoms with Crippen molar-refractivity contribution >= 4 is 22.9 Å². The van der Waals surface area contributed by atoms with E-state index in [9.17, 15) is 19.8 Å². The topological polar surface area (TPSA) is 113 Å². The van der Waals surface area contributed by atoms with Crippen LogP contribution in [0.4, 0.5) is 0 Å². The van der Waals surface area contributed by atoms with Gasteiger partial charge in [0.2, 0.25) is 5.91 Å². The molecule has 0 aliphatic carbocycles. The number of nitrogens with zero attached hydrogens (tertiary/aromatic N) is 5. The maximum Gasteiger partial charge on any atom is 0.356 e. The highest BCUT2D eigenvalue weighted by atomic mass is 16.4. The van der Waals surface area contributed by atoms with E-state index >= 15 is 0 Å². The molecular formula is C19H21N5O4.